The van der Waals surface area contributed by atoms with E-state index in [1.807, 2.05) is 13.8 Å². The van der Waals surface area contributed by atoms with E-state index in [2.05, 4.69) is 52.7 Å². The van der Waals surface area contributed by atoms with Gasteiger partial charge in [0, 0.05) is 30.1 Å². The molecule has 0 unspecified atom stereocenters. The van der Waals surface area contributed by atoms with Crippen LogP contribution < -0.4 is 9.64 Å². The maximum Gasteiger partial charge on any atom is 0.324 e. The van der Waals surface area contributed by atoms with E-state index in [9.17, 15) is 4.39 Å². The van der Waals surface area contributed by atoms with Crippen molar-refractivity contribution in [3.05, 3.63) is 36.0 Å². The molecule has 14 heteroatoms. The zero-order valence-corrected chi connectivity index (χ0v) is 21.3. The molecule has 0 saturated carbocycles. The van der Waals surface area contributed by atoms with Gasteiger partial charge in [0.1, 0.15) is 11.9 Å². The molecule has 1 fully saturated rings. The fourth-order valence-corrected chi connectivity index (χ4v) is 5.23. The molecule has 1 N–H and O–H groups in total. The lowest BCUT2D eigenvalue weighted by Gasteiger charge is -2.33. The second kappa shape index (κ2) is 9.50. The summed E-state index contributed by atoms with van der Waals surface area (Å²) in [5.74, 6) is 1.25. The molecule has 0 spiro atoms. The van der Waals surface area contributed by atoms with Gasteiger partial charge in [-0.3, -0.25) is 0 Å². The summed E-state index contributed by atoms with van der Waals surface area (Å²) in [5.41, 5.74) is 1.39. The molecular formula is C23H25FN10O2S. The molecule has 0 bridgehead atoms. The number of fused-ring (bicyclic) bond motifs is 1. The predicted molar refractivity (Wildman–Crippen MR) is 133 cm³/mol. The number of anilines is 1. The number of piperidine rings is 1. The van der Waals surface area contributed by atoms with Gasteiger partial charge in [-0.2, -0.15) is 10.2 Å². The van der Waals surface area contributed by atoms with Crippen molar-refractivity contribution in [3.63, 3.8) is 0 Å². The minimum Gasteiger partial charge on any atom is -0.466 e. The van der Waals surface area contributed by atoms with Gasteiger partial charge in [-0.25, -0.2) is 13.9 Å². The molecule has 12 nitrogen and oxygen atoms in total. The molecule has 1 aromatic carbocycles. The summed E-state index contributed by atoms with van der Waals surface area (Å²) in [6, 6.07) is 5.34. The number of ether oxygens (including phenoxy) is 1. The van der Waals surface area contributed by atoms with Crippen LogP contribution in [0.25, 0.3) is 27.6 Å². The number of halogens is 1. The highest BCUT2D eigenvalue weighted by atomic mass is 32.1. The highest BCUT2D eigenvalue weighted by Crippen LogP contribution is 2.32. The van der Waals surface area contributed by atoms with E-state index < -0.39 is 5.82 Å². The first-order chi connectivity index (χ1) is 17.9. The van der Waals surface area contributed by atoms with Gasteiger partial charge in [-0.15, -0.1) is 15.3 Å². The first kappa shape index (κ1) is 23.5. The molecule has 1 atom stereocenters. The van der Waals surface area contributed by atoms with Gasteiger partial charge >= 0.3 is 6.01 Å². The summed E-state index contributed by atoms with van der Waals surface area (Å²) >= 11 is 1.33. The number of aromatic nitrogens is 9. The number of rotatable bonds is 7. The summed E-state index contributed by atoms with van der Waals surface area (Å²) in [5, 5.41) is 22.7. The Hall–Kier alpha value is -3.94. The number of benzene rings is 1. The molecule has 1 aliphatic heterocycles. The Labute approximate surface area is 214 Å². The number of nitrogens with one attached hydrogen (secondary N) is 1. The molecule has 1 saturated heterocycles. The van der Waals surface area contributed by atoms with E-state index in [1.165, 1.54) is 17.4 Å². The maximum atomic E-state index is 14.8. The van der Waals surface area contributed by atoms with Crippen LogP contribution in [0.3, 0.4) is 0 Å². The summed E-state index contributed by atoms with van der Waals surface area (Å²) < 4.78 is 28.0. The van der Waals surface area contributed by atoms with Crippen molar-refractivity contribution in [1.82, 2.24) is 45.4 Å². The van der Waals surface area contributed by atoms with Crippen molar-refractivity contribution < 1.29 is 13.7 Å². The van der Waals surface area contributed by atoms with Crippen molar-refractivity contribution in [2.45, 2.75) is 45.6 Å². The van der Waals surface area contributed by atoms with Crippen molar-refractivity contribution in [1.29, 1.82) is 0 Å². The van der Waals surface area contributed by atoms with Gasteiger partial charge in [0.05, 0.1) is 11.9 Å². The molecule has 5 aromatic rings. The van der Waals surface area contributed by atoms with Crippen molar-refractivity contribution in [3.8, 4) is 27.8 Å². The topological polar surface area (TPSA) is 136 Å². The Bertz CT molecular complexity index is 1470. The number of H-pyrrole nitrogens is 1. The van der Waals surface area contributed by atoms with Crippen LogP contribution in [0.5, 0.6) is 5.19 Å². The molecule has 0 radical (unpaired) electrons. The number of hydrogen-bond acceptors (Lipinski definition) is 11. The molecule has 4 aromatic heterocycles. The van der Waals surface area contributed by atoms with Crippen LogP contribution in [0.4, 0.5) is 10.4 Å². The third-order valence-corrected chi connectivity index (χ3v) is 7.39. The molecule has 0 amide bonds. The molecule has 192 valence electrons. The van der Waals surface area contributed by atoms with Crippen LogP contribution in [0.1, 0.15) is 45.4 Å². The molecule has 6 rings (SSSR count). The SMILES string of the molecule is CC(C)c1noc(N2CCC([C@@H](C)Oc3nn4cc(-c5ccc(-c6nn[nH]n6)cc5F)nc4s3)CC2)n1. The zero-order chi connectivity index (χ0) is 25.5. The van der Waals surface area contributed by atoms with Crippen LogP contribution in [0.2, 0.25) is 0 Å². The lowest BCUT2D eigenvalue weighted by molar-refractivity contribution is 0.130. The number of aromatic amines is 1. The first-order valence-corrected chi connectivity index (χ1v) is 12.9. The van der Waals surface area contributed by atoms with E-state index in [0.29, 0.717) is 44.7 Å². The Balaban J connectivity index is 1.09. The van der Waals surface area contributed by atoms with Gasteiger partial charge in [0.2, 0.25) is 10.8 Å². The summed E-state index contributed by atoms with van der Waals surface area (Å²) in [6.45, 7) is 7.83. The van der Waals surface area contributed by atoms with Gasteiger partial charge < -0.3 is 14.2 Å². The molecular weight excluding hydrogens is 499 g/mol. The second-order valence-electron chi connectivity index (χ2n) is 9.39. The van der Waals surface area contributed by atoms with Crippen molar-refractivity contribution in [2.75, 3.05) is 18.0 Å². The lowest BCUT2D eigenvalue weighted by atomic mass is 9.92. The van der Waals surface area contributed by atoms with Gasteiger partial charge in [-0.05, 0) is 54.4 Å². The Morgan fingerprint density at radius 2 is 2.03 bits per heavy atom. The first-order valence-electron chi connectivity index (χ1n) is 12.1. The van der Waals surface area contributed by atoms with Crippen LogP contribution in [0.15, 0.2) is 28.9 Å². The van der Waals surface area contributed by atoms with E-state index in [0.717, 1.165) is 31.8 Å². The highest BCUT2D eigenvalue weighted by molar-refractivity contribution is 7.18. The lowest BCUT2D eigenvalue weighted by Crippen LogP contribution is -2.38. The molecule has 1 aliphatic rings. The van der Waals surface area contributed by atoms with E-state index in [1.54, 1.807) is 22.8 Å². The average Bonchev–Trinajstić information content (AvgIpc) is 3.68. The molecule has 37 heavy (non-hydrogen) atoms. The Morgan fingerprint density at radius 1 is 1.19 bits per heavy atom. The second-order valence-corrected chi connectivity index (χ2v) is 10.3. The van der Waals surface area contributed by atoms with Crippen LogP contribution in [-0.4, -0.2) is 64.6 Å². The number of tetrazole rings is 1. The van der Waals surface area contributed by atoms with Gasteiger partial charge in [0.15, 0.2) is 5.82 Å². The standard InChI is InChI=1S/C23H25FN10O2S/c1-12(2)19-26-21(36-30-19)33-8-6-14(7-9-33)13(3)35-23-29-34-11-18(25-22(34)37-23)16-5-4-15(10-17(16)24)20-27-31-32-28-20/h4-5,10-14H,6-9H2,1-3H3,(H,27,28,31,32)/t13-/m1/s1. The van der Waals surface area contributed by atoms with E-state index >= 15 is 0 Å². The number of nitrogens with zero attached hydrogens (tertiary/aromatic N) is 9. The van der Waals surface area contributed by atoms with Crippen LogP contribution >= 0.6 is 11.3 Å². The van der Waals surface area contributed by atoms with Crippen LogP contribution in [0, 0.1) is 11.7 Å². The van der Waals surface area contributed by atoms with E-state index in [4.69, 9.17) is 9.26 Å². The molecule has 5 heterocycles. The summed E-state index contributed by atoms with van der Waals surface area (Å²) in [4.78, 5) is 11.8. The number of hydrogen-bond donors (Lipinski definition) is 1. The normalized spacial score (nSPS) is 15.6. The van der Waals surface area contributed by atoms with Crippen molar-refractivity contribution in [2.24, 2.45) is 5.92 Å². The Kier molecular flexibility index (Phi) is 6.02. The Morgan fingerprint density at radius 3 is 2.70 bits per heavy atom. The quantitative estimate of drug-likeness (QED) is 0.333. The average molecular weight is 525 g/mol. The maximum absolute atomic E-state index is 14.8. The predicted octanol–water partition coefficient (Wildman–Crippen LogP) is 3.97. The van der Waals surface area contributed by atoms with E-state index in [-0.39, 0.29) is 12.0 Å². The van der Waals surface area contributed by atoms with Gasteiger partial charge in [-0.1, -0.05) is 25.1 Å². The third-order valence-electron chi connectivity index (χ3n) is 6.58. The number of imidazole rings is 1. The summed E-state index contributed by atoms with van der Waals surface area (Å²) in [7, 11) is 0. The third kappa shape index (κ3) is 4.63. The molecule has 0 aliphatic carbocycles. The minimum absolute atomic E-state index is 0.0125. The zero-order valence-electron chi connectivity index (χ0n) is 20.5. The minimum atomic E-state index is -0.426. The monoisotopic (exact) mass is 524 g/mol. The fraction of sp³-hybridized carbons (Fsp3) is 0.435. The van der Waals surface area contributed by atoms with Crippen LogP contribution in [-0.2, 0) is 0 Å². The summed E-state index contributed by atoms with van der Waals surface area (Å²) in [6.07, 6.45) is 3.59. The largest absolute Gasteiger partial charge is 0.466 e. The van der Waals surface area contributed by atoms with Gasteiger partial charge in [0.25, 0.3) is 5.19 Å². The highest BCUT2D eigenvalue weighted by Gasteiger charge is 2.28. The fourth-order valence-electron chi connectivity index (χ4n) is 4.41. The smallest absolute Gasteiger partial charge is 0.324 e. The van der Waals surface area contributed by atoms with Crippen molar-refractivity contribution >= 4 is 22.3 Å².